The molecule has 2 amide bonds. The van der Waals surface area contributed by atoms with Crippen molar-refractivity contribution < 1.29 is 24.5 Å². The average molecular weight is 509 g/mol. The molecule has 6 atom stereocenters. The van der Waals surface area contributed by atoms with E-state index in [4.69, 9.17) is 4.74 Å². The average Bonchev–Trinajstić information content (AvgIpc) is 2.89. The quantitative estimate of drug-likeness (QED) is 0.430. The van der Waals surface area contributed by atoms with Gasteiger partial charge in [-0.2, -0.15) is 0 Å². The fraction of sp³-hybridized carbons (Fsp3) is 0.533. The molecule has 4 rings (SSSR count). The van der Waals surface area contributed by atoms with Crippen LogP contribution in [0.2, 0.25) is 0 Å². The molecule has 0 aliphatic heterocycles. The summed E-state index contributed by atoms with van der Waals surface area (Å²) in [5.74, 6) is -0.335. The maximum atomic E-state index is 12.9. The fourth-order valence-corrected chi connectivity index (χ4v) is 6.76. The fourth-order valence-electron chi connectivity index (χ4n) is 6.76. The smallest absolute Gasteiger partial charge is 0.411 e. The summed E-state index contributed by atoms with van der Waals surface area (Å²) in [6, 6.07) is 17.3. The Morgan fingerprint density at radius 1 is 1.03 bits per heavy atom. The molecular formula is C30H40N2O5. The number of carbonyl (C=O) groups excluding carboxylic acids is 2. The number of hydrogen-bond acceptors (Lipinski definition) is 5. The zero-order valence-electron chi connectivity index (χ0n) is 22.1. The summed E-state index contributed by atoms with van der Waals surface area (Å²) >= 11 is 0. The molecule has 2 aromatic rings. The molecule has 0 saturated heterocycles. The van der Waals surface area contributed by atoms with E-state index in [1.54, 1.807) is 0 Å². The molecule has 0 radical (unpaired) electrons. The van der Waals surface area contributed by atoms with Crippen molar-refractivity contribution in [1.29, 1.82) is 0 Å². The maximum absolute atomic E-state index is 12.9. The number of aliphatic hydroxyl groups excluding tert-OH is 2. The van der Waals surface area contributed by atoms with Crippen LogP contribution in [0.4, 0.5) is 10.5 Å². The second-order valence-corrected chi connectivity index (χ2v) is 11.4. The SMILES string of the molecule is Cc1ccc(NC(=O)O[C@@H]2CC[C@]3(C)[C@H](CC[C@@H](O)[C@H]3CC(=O)NCc3ccccc3)[C@]2(C)CO)cc1. The van der Waals surface area contributed by atoms with E-state index < -0.39 is 23.7 Å². The first-order valence-electron chi connectivity index (χ1n) is 13.3. The van der Waals surface area contributed by atoms with E-state index in [-0.39, 0.29) is 36.2 Å². The zero-order valence-corrected chi connectivity index (χ0v) is 22.1. The third-order valence-corrected chi connectivity index (χ3v) is 8.96. The van der Waals surface area contributed by atoms with Crippen molar-refractivity contribution in [3.8, 4) is 0 Å². The van der Waals surface area contributed by atoms with Gasteiger partial charge < -0.3 is 20.3 Å². The lowest BCUT2D eigenvalue weighted by atomic mass is 9.46. The number of aliphatic hydroxyl groups is 2. The predicted molar refractivity (Wildman–Crippen MR) is 143 cm³/mol. The lowest BCUT2D eigenvalue weighted by Gasteiger charge is -2.60. The van der Waals surface area contributed by atoms with E-state index >= 15 is 0 Å². The van der Waals surface area contributed by atoms with E-state index in [0.717, 1.165) is 11.1 Å². The molecular weight excluding hydrogens is 468 g/mol. The number of rotatable bonds is 7. The van der Waals surface area contributed by atoms with Gasteiger partial charge in [0.25, 0.3) is 0 Å². The first kappa shape index (κ1) is 27.1. The number of anilines is 1. The van der Waals surface area contributed by atoms with E-state index in [0.29, 0.717) is 37.9 Å². The Hall–Kier alpha value is -2.90. The Kier molecular flexibility index (Phi) is 8.24. The third kappa shape index (κ3) is 5.83. The number of amides is 2. The van der Waals surface area contributed by atoms with Crippen LogP contribution in [0.3, 0.4) is 0 Å². The van der Waals surface area contributed by atoms with Crippen LogP contribution in [0.5, 0.6) is 0 Å². The Labute approximate surface area is 219 Å². The zero-order chi connectivity index (χ0) is 26.6. The Bertz CT molecular complexity index is 1080. The molecule has 200 valence electrons. The molecule has 0 heterocycles. The molecule has 4 N–H and O–H groups in total. The monoisotopic (exact) mass is 508 g/mol. The number of carbonyl (C=O) groups is 2. The van der Waals surface area contributed by atoms with Crippen LogP contribution in [-0.2, 0) is 16.1 Å². The van der Waals surface area contributed by atoms with Crippen LogP contribution in [-0.4, -0.2) is 41.0 Å². The largest absolute Gasteiger partial charge is 0.445 e. The summed E-state index contributed by atoms with van der Waals surface area (Å²) in [7, 11) is 0. The maximum Gasteiger partial charge on any atom is 0.411 e. The van der Waals surface area contributed by atoms with Crippen molar-refractivity contribution >= 4 is 17.7 Å². The molecule has 2 saturated carbocycles. The molecule has 0 spiro atoms. The van der Waals surface area contributed by atoms with E-state index in [1.807, 2.05) is 68.4 Å². The topological polar surface area (TPSA) is 108 Å². The second kappa shape index (κ2) is 11.2. The Morgan fingerprint density at radius 3 is 2.41 bits per heavy atom. The molecule has 7 nitrogen and oxygen atoms in total. The molecule has 2 aromatic carbocycles. The lowest BCUT2D eigenvalue weighted by molar-refractivity contribution is -0.185. The van der Waals surface area contributed by atoms with Gasteiger partial charge >= 0.3 is 6.09 Å². The highest BCUT2D eigenvalue weighted by Gasteiger charge is 2.60. The highest BCUT2D eigenvalue weighted by Crippen LogP contribution is 2.61. The summed E-state index contributed by atoms with van der Waals surface area (Å²) in [6.07, 6.45) is 1.14. The lowest BCUT2D eigenvalue weighted by Crippen LogP contribution is -2.61. The molecule has 2 fully saturated rings. The summed E-state index contributed by atoms with van der Waals surface area (Å²) in [5.41, 5.74) is 1.73. The van der Waals surface area contributed by atoms with Gasteiger partial charge in [0.1, 0.15) is 6.10 Å². The van der Waals surface area contributed by atoms with Crippen LogP contribution < -0.4 is 10.6 Å². The van der Waals surface area contributed by atoms with Crippen LogP contribution in [0.15, 0.2) is 54.6 Å². The van der Waals surface area contributed by atoms with Crippen molar-refractivity contribution in [3.63, 3.8) is 0 Å². The molecule has 0 aromatic heterocycles. The number of aryl methyl sites for hydroxylation is 1. The van der Waals surface area contributed by atoms with Crippen LogP contribution >= 0.6 is 0 Å². The number of benzene rings is 2. The first-order valence-corrected chi connectivity index (χ1v) is 13.3. The Balaban J connectivity index is 1.45. The number of ether oxygens (including phenoxy) is 1. The van der Waals surface area contributed by atoms with Gasteiger partial charge in [0, 0.05) is 24.1 Å². The summed E-state index contributed by atoms with van der Waals surface area (Å²) in [5, 5.41) is 27.4. The normalized spacial score (nSPS) is 31.2. The van der Waals surface area contributed by atoms with Gasteiger partial charge in [-0.15, -0.1) is 0 Å². The Morgan fingerprint density at radius 2 is 1.73 bits per heavy atom. The van der Waals surface area contributed by atoms with Crippen LogP contribution in [0.1, 0.15) is 57.1 Å². The third-order valence-electron chi connectivity index (χ3n) is 8.96. The van der Waals surface area contributed by atoms with Gasteiger partial charge in [0.05, 0.1) is 12.7 Å². The first-order chi connectivity index (χ1) is 17.7. The predicted octanol–water partition coefficient (Wildman–Crippen LogP) is 4.80. The van der Waals surface area contributed by atoms with Crippen LogP contribution in [0.25, 0.3) is 0 Å². The molecule has 37 heavy (non-hydrogen) atoms. The molecule has 2 aliphatic carbocycles. The standard InChI is InChI=1S/C30H40N2O5/c1-20-9-11-22(12-10-20)32-28(36)37-26-15-16-29(2)23(24(34)13-14-25(29)30(26,3)19-33)17-27(35)31-18-21-7-5-4-6-8-21/h4-12,23-26,33-34H,13-19H2,1-3H3,(H,31,35)(H,32,36)/t23-,24-,25+,26-,29+,30+/m1/s1. The number of fused-ring (bicyclic) bond motifs is 1. The van der Waals surface area contributed by atoms with E-state index in [9.17, 15) is 19.8 Å². The van der Waals surface area contributed by atoms with Gasteiger partial charge in [-0.05, 0) is 67.6 Å². The summed E-state index contributed by atoms with van der Waals surface area (Å²) < 4.78 is 5.90. The van der Waals surface area contributed by atoms with Crippen molar-refractivity contribution in [2.75, 3.05) is 11.9 Å². The minimum absolute atomic E-state index is 0.00810. The molecule has 0 unspecified atom stereocenters. The highest BCUT2D eigenvalue weighted by molar-refractivity contribution is 5.84. The minimum atomic E-state index is -0.684. The van der Waals surface area contributed by atoms with E-state index in [2.05, 4.69) is 17.6 Å². The van der Waals surface area contributed by atoms with E-state index in [1.165, 1.54) is 0 Å². The molecule has 2 aliphatic rings. The van der Waals surface area contributed by atoms with Crippen molar-refractivity contribution in [3.05, 3.63) is 65.7 Å². The minimum Gasteiger partial charge on any atom is -0.445 e. The number of nitrogens with one attached hydrogen (secondary N) is 2. The van der Waals surface area contributed by atoms with Gasteiger partial charge in [0.2, 0.25) is 5.91 Å². The van der Waals surface area contributed by atoms with Crippen molar-refractivity contribution in [2.45, 2.75) is 71.6 Å². The highest BCUT2D eigenvalue weighted by atomic mass is 16.6. The van der Waals surface area contributed by atoms with Gasteiger partial charge in [-0.1, -0.05) is 61.9 Å². The van der Waals surface area contributed by atoms with Crippen molar-refractivity contribution in [1.82, 2.24) is 5.32 Å². The summed E-state index contributed by atoms with van der Waals surface area (Å²) in [4.78, 5) is 25.7. The van der Waals surface area contributed by atoms with Crippen molar-refractivity contribution in [2.24, 2.45) is 22.7 Å². The second-order valence-electron chi connectivity index (χ2n) is 11.4. The van der Waals surface area contributed by atoms with Gasteiger partial charge in [-0.25, -0.2) is 4.79 Å². The summed E-state index contributed by atoms with van der Waals surface area (Å²) in [6.45, 7) is 6.39. The number of hydrogen-bond donors (Lipinski definition) is 4. The molecule has 7 heteroatoms. The van der Waals surface area contributed by atoms with Gasteiger partial charge in [0.15, 0.2) is 0 Å². The van der Waals surface area contributed by atoms with Gasteiger partial charge in [-0.3, -0.25) is 10.1 Å². The molecule has 0 bridgehead atoms. The van der Waals surface area contributed by atoms with Crippen LogP contribution in [0, 0.1) is 29.6 Å².